The van der Waals surface area contributed by atoms with Gasteiger partial charge in [-0.3, -0.25) is 4.57 Å². The van der Waals surface area contributed by atoms with Crippen LogP contribution >= 0.6 is 0 Å². The van der Waals surface area contributed by atoms with Crippen molar-refractivity contribution in [1.29, 1.82) is 0 Å². The van der Waals surface area contributed by atoms with E-state index in [0.29, 0.717) is 5.92 Å². The fraction of sp³-hybridized carbons (Fsp3) is 0.333. The minimum atomic E-state index is 0.407. The lowest BCUT2D eigenvalue weighted by molar-refractivity contribution is 0.614. The zero-order chi connectivity index (χ0) is 15.8. The third kappa shape index (κ3) is 2.37. The third-order valence-corrected chi connectivity index (χ3v) is 4.35. The van der Waals surface area contributed by atoms with Gasteiger partial charge in [-0.15, -0.1) is 0 Å². The summed E-state index contributed by atoms with van der Waals surface area (Å²) >= 11 is 0. The fourth-order valence-corrected chi connectivity index (χ4v) is 3.25. The van der Waals surface area contributed by atoms with Crippen LogP contribution < -0.4 is 5.32 Å². The summed E-state index contributed by atoms with van der Waals surface area (Å²) in [5.74, 6) is 1.27. The Bertz CT molecular complexity index is 813. The first-order chi connectivity index (χ1) is 11.3. The number of imidazole rings is 1. The van der Waals surface area contributed by atoms with E-state index in [1.807, 2.05) is 35.3 Å². The number of hydrogen-bond donors (Lipinski definition) is 1. The Morgan fingerprint density at radius 1 is 1.17 bits per heavy atom. The summed E-state index contributed by atoms with van der Waals surface area (Å²) in [7, 11) is 0. The zero-order valence-electron chi connectivity index (χ0n) is 13.5. The molecule has 0 fully saturated rings. The summed E-state index contributed by atoms with van der Waals surface area (Å²) in [5, 5.41) is 8.37. The van der Waals surface area contributed by atoms with Crippen LogP contribution in [0.25, 0.3) is 11.6 Å². The number of nitrogens with zero attached hydrogens (tertiary/aromatic N) is 4. The number of fused-ring (bicyclic) bond motifs is 1. The molecule has 3 heterocycles. The highest BCUT2D eigenvalue weighted by Crippen LogP contribution is 2.27. The van der Waals surface area contributed by atoms with Crippen LogP contribution in [0.15, 0.2) is 42.7 Å². The largest absolute Gasteiger partial charge is 0.312 e. The van der Waals surface area contributed by atoms with Crippen molar-refractivity contribution in [3.63, 3.8) is 0 Å². The van der Waals surface area contributed by atoms with Crippen molar-refractivity contribution < 1.29 is 0 Å². The van der Waals surface area contributed by atoms with Crippen LogP contribution in [-0.2, 0) is 13.0 Å². The topological polar surface area (TPSA) is 47.7 Å². The highest BCUT2D eigenvalue weighted by Gasteiger charge is 2.24. The summed E-state index contributed by atoms with van der Waals surface area (Å²) in [5.41, 5.74) is 4.91. The Kier molecular flexibility index (Phi) is 3.50. The predicted octanol–water partition coefficient (Wildman–Crippen LogP) is 2.83. The van der Waals surface area contributed by atoms with Gasteiger partial charge in [0.2, 0.25) is 5.95 Å². The Balaban J connectivity index is 1.88. The average molecular weight is 307 g/mol. The predicted molar refractivity (Wildman–Crippen MR) is 90.2 cm³/mol. The Hall–Kier alpha value is -2.40. The molecule has 1 aliphatic rings. The van der Waals surface area contributed by atoms with E-state index < -0.39 is 0 Å². The van der Waals surface area contributed by atoms with Crippen LogP contribution in [0.1, 0.15) is 36.7 Å². The second-order valence-corrected chi connectivity index (χ2v) is 6.24. The van der Waals surface area contributed by atoms with E-state index in [-0.39, 0.29) is 0 Å². The van der Waals surface area contributed by atoms with Gasteiger partial charge in [0.05, 0.1) is 11.4 Å². The molecule has 4 rings (SSSR count). The van der Waals surface area contributed by atoms with Crippen LogP contribution in [-0.4, -0.2) is 25.9 Å². The molecule has 1 aliphatic heterocycles. The molecule has 1 N–H and O–H groups in total. The second kappa shape index (κ2) is 5.66. The lowest BCUT2D eigenvalue weighted by Gasteiger charge is -2.16. The van der Waals surface area contributed by atoms with Gasteiger partial charge in [-0.2, -0.15) is 5.10 Å². The van der Waals surface area contributed by atoms with Crippen molar-refractivity contribution in [1.82, 2.24) is 24.6 Å². The van der Waals surface area contributed by atoms with Crippen molar-refractivity contribution >= 4 is 0 Å². The van der Waals surface area contributed by atoms with Crippen LogP contribution in [0.5, 0.6) is 0 Å². The molecule has 23 heavy (non-hydrogen) atoms. The first kappa shape index (κ1) is 14.2. The van der Waals surface area contributed by atoms with Crippen molar-refractivity contribution in [2.75, 3.05) is 6.54 Å². The van der Waals surface area contributed by atoms with Crippen molar-refractivity contribution in [2.45, 2.75) is 32.7 Å². The van der Waals surface area contributed by atoms with Gasteiger partial charge < -0.3 is 5.32 Å². The molecule has 0 saturated carbocycles. The molecule has 0 radical (unpaired) electrons. The number of aromatic nitrogens is 4. The third-order valence-electron chi connectivity index (χ3n) is 4.35. The smallest absolute Gasteiger partial charge is 0.235 e. The normalized spacial score (nSPS) is 14.2. The molecule has 0 aliphatic carbocycles. The summed E-state index contributed by atoms with van der Waals surface area (Å²) in [6.07, 6.45) is 4.82. The van der Waals surface area contributed by atoms with E-state index >= 15 is 0 Å². The maximum atomic E-state index is 4.91. The minimum Gasteiger partial charge on any atom is -0.312 e. The molecule has 1 aromatic carbocycles. The van der Waals surface area contributed by atoms with Gasteiger partial charge in [-0.25, -0.2) is 9.67 Å². The van der Waals surface area contributed by atoms with Gasteiger partial charge in [0.1, 0.15) is 0 Å². The monoisotopic (exact) mass is 307 g/mol. The molecule has 2 aromatic heterocycles. The van der Waals surface area contributed by atoms with Gasteiger partial charge in [0, 0.05) is 43.2 Å². The van der Waals surface area contributed by atoms with Gasteiger partial charge >= 0.3 is 0 Å². The molecule has 5 heteroatoms. The second-order valence-electron chi connectivity index (χ2n) is 6.24. The molecular formula is C18H21N5. The van der Waals surface area contributed by atoms with Crippen molar-refractivity contribution in [3.05, 3.63) is 59.7 Å². The molecule has 0 bridgehead atoms. The van der Waals surface area contributed by atoms with Crippen LogP contribution in [0.3, 0.4) is 0 Å². The highest BCUT2D eigenvalue weighted by molar-refractivity contribution is 5.40. The average Bonchev–Trinajstić information content (AvgIpc) is 3.20. The zero-order valence-corrected chi connectivity index (χ0v) is 13.5. The summed E-state index contributed by atoms with van der Waals surface area (Å²) < 4.78 is 4.14. The van der Waals surface area contributed by atoms with Crippen molar-refractivity contribution in [3.8, 4) is 11.6 Å². The van der Waals surface area contributed by atoms with Crippen molar-refractivity contribution in [2.24, 2.45) is 0 Å². The fourth-order valence-electron chi connectivity index (χ4n) is 3.25. The molecule has 118 valence electrons. The van der Waals surface area contributed by atoms with Crippen LogP contribution in [0.2, 0.25) is 0 Å². The standard InChI is InChI=1S/C18H21N5/c1-13(2)17-15-12-19-9-8-16(15)23(21-17)18-20-10-11-22(18)14-6-4-3-5-7-14/h3-7,10-11,13,19H,8-9,12H2,1-2H3. The number of benzene rings is 1. The van der Waals surface area contributed by atoms with Crippen LogP contribution in [0.4, 0.5) is 0 Å². The molecule has 0 unspecified atom stereocenters. The first-order valence-corrected chi connectivity index (χ1v) is 8.16. The van der Waals surface area contributed by atoms with E-state index in [0.717, 1.165) is 31.1 Å². The highest BCUT2D eigenvalue weighted by atomic mass is 15.4. The molecule has 0 amide bonds. The number of para-hydroxylation sites is 1. The Labute approximate surface area is 136 Å². The minimum absolute atomic E-state index is 0.407. The quantitative estimate of drug-likeness (QED) is 0.809. The van der Waals surface area contributed by atoms with E-state index in [2.05, 4.69) is 40.8 Å². The molecule has 0 spiro atoms. The maximum absolute atomic E-state index is 4.91. The molecule has 3 aromatic rings. The summed E-state index contributed by atoms with van der Waals surface area (Å²) in [6, 6.07) is 10.3. The van der Waals surface area contributed by atoms with Gasteiger partial charge in [0.15, 0.2) is 0 Å². The number of nitrogens with one attached hydrogen (secondary N) is 1. The van der Waals surface area contributed by atoms with E-state index in [1.54, 1.807) is 0 Å². The molecule has 5 nitrogen and oxygen atoms in total. The van der Waals surface area contributed by atoms with E-state index in [4.69, 9.17) is 5.10 Å². The van der Waals surface area contributed by atoms with Crippen LogP contribution in [0, 0.1) is 0 Å². The number of hydrogen-bond acceptors (Lipinski definition) is 3. The lowest BCUT2D eigenvalue weighted by atomic mass is 10.0. The van der Waals surface area contributed by atoms with E-state index in [9.17, 15) is 0 Å². The maximum Gasteiger partial charge on any atom is 0.235 e. The Morgan fingerprint density at radius 3 is 2.78 bits per heavy atom. The molecule has 0 atom stereocenters. The SMILES string of the molecule is CC(C)c1nn(-c2nccn2-c2ccccc2)c2c1CNCC2. The summed E-state index contributed by atoms with van der Waals surface area (Å²) in [4.78, 5) is 4.59. The number of rotatable bonds is 3. The Morgan fingerprint density at radius 2 is 2.00 bits per heavy atom. The summed E-state index contributed by atoms with van der Waals surface area (Å²) in [6.45, 7) is 6.29. The molecule has 0 saturated heterocycles. The molecular weight excluding hydrogens is 286 g/mol. The first-order valence-electron chi connectivity index (χ1n) is 8.16. The van der Waals surface area contributed by atoms with E-state index in [1.165, 1.54) is 17.0 Å². The van der Waals surface area contributed by atoms with Gasteiger partial charge in [-0.1, -0.05) is 32.0 Å². The lowest BCUT2D eigenvalue weighted by Crippen LogP contribution is -2.25. The van der Waals surface area contributed by atoms with Gasteiger partial charge in [-0.05, 0) is 18.1 Å². The van der Waals surface area contributed by atoms with Gasteiger partial charge in [0.25, 0.3) is 0 Å².